The molecule has 6 nitrogen and oxygen atoms in total. The number of esters is 1. The van der Waals surface area contributed by atoms with E-state index in [0.29, 0.717) is 23.5 Å². The van der Waals surface area contributed by atoms with Gasteiger partial charge in [0.2, 0.25) is 0 Å². The largest absolute Gasteiger partial charge is 0.508 e. The number of carbonyl (C=O) groups is 1. The minimum Gasteiger partial charge on any atom is -0.508 e. The van der Waals surface area contributed by atoms with Gasteiger partial charge in [-0.25, -0.2) is 4.79 Å². The van der Waals surface area contributed by atoms with Crippen LogP contribution in [0.15, 0.2) is 42.6 Å². The van der Waals surface area contributed by atoms with Gasteiger partial charge in [0, 0.05) is 18.2 Å². The molecule has 0 atom stereocenters. The second-order valence-corrected chi connectivity index (χ2v) is 4.53. The van der Waals surface area contributed by atoms with Crippen LogP contribution in [0, 0.1) is 0 Å². The van der Waals surface area contributed by atoms with Crippen molar-refractivity contribution in [3.8, 4) is 5.75 Å². The van der Waals surface area contributed by atoms with Gasteiger partial charge in [-0.2, -0.15) is 0 Å². The van der Waals surface area contributed by atoms with E-state index in [1.54, 1.807) is 34.9 Å². The molecule has 0 fully saturated rings. The highest BCUT2D eigenvalue weighted by Crippen LogP contribution is 2.20. The summed E-state index contributed by atoms with van der Waals surface area (Å²) in [6.45, 7) is 0. The van der Waals surface area contributed by atoms with Crippen LogP contribution in [0.5, 0.6) is 5.75 Å². The first-order valence-electron chi connectivity index (χ1n) is 6.38. The number of aromatic nitrogens is 3. The molecule has 1 N–H and O–H groups in total. The Hall–Kier alpha value is -2.89. The van der Waals surface area contributed by atoms with Crippen LogP contribution in [-0.4, -0.2) is 32.8 Å². The molecule has 0 aliphatic carbocycles. The number of carbonyl (C=O) groups excluding carboxylic acids is 1. The van der Waals surface area contributed by atoms with Crippen molar-refractivity contribution in [3.05, 3.63) is 59.5 Å². The van der Waals surface area contributed by atoms with E-state index < -0.39 is 5.97 Å². The Kier molecular flexibility index (Phi) is 3.27. The van der Waals surface area contributed by atoms with Crippen LogP contribution < -0.4 is 0 Å². The number of ether oxygens (including phenoxy) is 1. The molecule has 0 bridgehead atoms. The van der Waals surface area contributed by atoms with E-state index in [2.05, 4.69) is 10.2 Å². The van der Waals surface area contributed by atoms with Gasteiger partial charge in [-0.05, 0) is 18.2 Å². The van der Waals surface area contributed by atoms with E-state index in [9.17, 15) is 9.90 Å². The average Bonchev–Trinajstić information content (AvgIpc) is 2.92. The molecule has 6 heteroatoms. The van der Waals surface area contributed by atoms with Crippen LogP contribution in [0.1, 0.15) is 21.7 Å². The fraction of sp³-hybridized carbons (Fsp3) is 0.133. The predicted octanol–water partition coefficient (Wildman–Crippen LogP) is 1.81. The Morgan fingerprint density at radius 3 is 2.81 bits per heavy atom. The van der Waals surface area contributed by atoms with E-state index >= 15 is 0 Å². The summed E-state index contributed by atoms with van der Waals surface area (Å²) >= 11 is 0. The van der Waals surface area contributed by atoms with Crippen LogP contribution in [0.3, 0.4) is 0 Å². The molecule has 2 aromatic heterocycles. The molecular weight excluding hydrogens is 270 g/mol. The van der Waals surface area contributed by atoms with Crippen molar-refractivity contribution in [2.24, 2.45) is 0 Å². The van der Waals surface area contributed by atoms with Crippen molar-refractivity contribution < 1.29 is 14.6 Å². The predicted molar refractivity (Wildman–Crippen MR) is 75.2 cm³/mol. The molecule has 0 spiro atoms. The van der Waals surface area contributed by atoms with E-state index in [-0.39, 0.29) is 5.75 Å². The van der Waals surface area contributed by atoms with Gasteiger partial charge < -0.3 is 9.84 Å². The minimum absolute atomic E-state index is 0.207. The second-order valence-electron chi connectivity index (χ2n) is 4.53. The van der Waals surface area contributed by atoms with Crippen LogP contribution in [0.25, 0.3) is 5.65 Å². The summed E-state index contributed by atoms with van der Waals surface area (Å²) in [6, 6.07) is 10.4. The molecule has 21 heavy (non-hydrogen) atoms. The van der Waals surface area contributed by atoms with Crippen LogP contribution in [0.4, 0.5) is 0 Å². The first kappa shape index (κ1) is 13.1. The lowest BCUT2D eigenvalue weighted by molar-refractivity contribution is 0.0602. The SMILES string of the molecule is COC(=O)c1cccn2c(Cc3ccccc3O)nnc12. The summed E-state index contributed by atoms with van der Waals surface area (Å²) in [5.74, 6) is 0.387. The average molecular weight is 283 g/mol. The Morgan fingerprint density at radius 1 is 1.24 bits per heavy atom. The number of hydrogen-bond donors (Lipinski definition) is 1. The van der Waals surface area contributed by atoms with Gasteiger partial charge in [0.25, 0.3) is 0 Å². The Balaban J connectivity index is 2.05. The second kappa shape index (κ2) is 5.24. The molecule has 0 amide bonds. The number of fused-ring (bicyclic) bond motifs is 1. The normalized spacial score (nSPS) is 10.7. The van der Waals surface area contributed by atoms with Crippen molar-refractivity contribution in [2.75, 3.05) is 7.11 Å². The number of benzene rings is 1. The van der Waals surface area contributed by atoms with Gasteiger partial charge in [-0.15, -0.1) is 10.2 Å². The highest BCUT2D eigenvalue weighted by molar-refractivity contribution is 5.95. The molecule has 0 aliphatic rings. The zero-order chi connectivity index (χ0) is 14.8. The van der Waals surface area contributed by atoms with E-state index in [0.717, 1.165) is 5.56 Å². The molecule has 0 aliphatic heterocycles. The summed E-state index contributed by atoms with van der Waals surface area (Å²) < 4.78 is 6.45. The summed E-state index contributed by atoms with van der Waals surface area (Å²) in [7, 11) is 1.32. The molecule has 2 heterocycles. The molecule has 0 radical (unpaired) electrons. The lowest BCUT2D eigenvalue weighted by Crippen LogP contribution is -2.05. The third kappa shape index (κ3) is 2.31. The highest BCUT2D eigenvalue weighted by Gasteiger charge is 2.15. The summed E-state index contributed by atoms with van der Waals surface area (Å²) in [4.78, 5) is 11.7. The van der Waals surface area contributed by atoms with Gasteiger partial charge in [0.15, 0.2) is 5.65 Å². The Bertz CT molecular complexity index is 811. The number of pyridine rings is 1. The minimum atomic E-state index is -0.456. The summed E-state index contributed by atoms with van der Waals surface area (Å²) in [5, 5.41) is 18.0. The van der Waals surface area contributed by atoms with Crippen molar-refractivity contribution in [1.82, 2.24) is 14.6 Å². The molecule has 3 aromatic rings. The maximum absolute atomic E-state index is 11.7. The van der Waals surface area contributed by atoms with E-state index in [1.165, 1.54) is 7.11 Å². The molecular formula is C15H13N3O3. The maximum atomic E-state index is 11.7. The number of para-hydroxylation sites is 1. The first-order chi connectivity index (χ1) is 10.2. The van der Waals surface area contributed by atoms with E-state index in [1.807, 2.05) is 12.1 Å². The third-order valence-corrected chi connectivity index (χ3v) is 3.25. The molecule has 1 aromatic carbocycles. The number of aromatic hydroxyl groups is 1. The number of phenols is 1. The standard InChI is InChI=1S/C15H13N3O3/c1-21-15(20)11-6-4-8-18-13(16-17-14(11)18)9-10-5-2-3-7-12(10)19/h2-8,19H,9H2,1H3. The van der Waals surface area contributed by atoms with Crippen molar-refractivity contribution in [3.63, 3.8) is 0 Å². The zero-order valence-corrected chi connectivity index (χ0v) is 11.4. The van der Waals surface area contributed by atoms with Gasteiger partial charge in [0.1, 0.15) is 17.1 Å². The van der Waals surface area contributed by atoms with Crippen LogP contribution in [-0.2, 0) is 11.2 Å². The lowest BCUT2D eigenvalue weighted by atomic mass is 10.1. The van der Waals surface area contributed by atoms with Crippen molar-refractivity contribution in [1.29, 1.82) is 0 Å². The molecule has 0 unspecified atom stereocenters. The smallest absolute Gasteiger partial charge is 0.341 e. The van der Waals surface area contributed by atoms with Gasteiger partial charge >= 0.3 is 5.97 Å². The van der Waals surface area contributed by atoms with Crippen LogP contribution in [0.2, 0.25) is 0 Å². The summed E-state index contributed by atoms with van der Waals surface area (Å²) in [5.41, 5.74) is 1.54. The van der Waals surface area contributed by atoms with Gasteiger partial charge in [-0.3, -0.25) is 4.40 Å². The number of rotatable bonds is 3. The number of hydrogen-bond acceptors (Lipinski definition) is 5. The quantitative estimate of drug-likeness (QED) is 0.742. The molecule has 0 saturated heterocycles. The zero-order valence-electron chi connectivity index (χ0n) is 11.4. The Labute approximate surface area is 120 Å². The fourth-order valence-electron chi connectivity index (χ4n) is 2.18. The Morgan fingerprint density at radius 2 is 2.05 bits per heavy atom. The van der Waals surface area contributed by atoms with Gasteiger partial charge in [-0.1, -0.05) is 18.2 Å². The fourth-order valence-corrected chi connectivity index (χ4v) is 2.18. The molecule has 106 valence electrons. The monoisotopic (exact) mass is 283 g/mol. The maximum Gasteiger partial charge on any atom is 0.341 e. The van der Waals surface area contributed by atoms with Gasteiger partial charge in [0.05, 0.1) is 7.11 Å². The first-order valence-corrected chi connectivity index (χ1v) is 6.38. The topological polar surface area (TPSA) is 76.7 Å². The van der Waals surface area contributed by atoms with Crippen molar-refractivity contribution >= 4 is 11.6 Å². The summed E-state index contributed by atoms with van der Waals surface area (Å²) in [6.07, 6.45) is 2.19. The highest BCUT2D eigenvalue weighted by atomic mass is 16.5. The molecule has 3 rings (SSSR count). The number of methoxy groups -OCH3 is 1. The van der Waals surface area contributed by atoms with E-state index in [4.69, 9.17) is 4.74 Å². The van der Waals surface area contributed by atoms with Crippen LogP contribution >= 0.6 is 0 Å². The molecule has 0 saturated carbocycles. The number of nitrogens with zero attached hydrogens (tertiary/aromatic N) is 3. The van der Waals surface area contributed by atoms with Crippen molar-refractivity contribution in [2.45, 2.75) is 6.42 Å². The third-order valence-electron chi connectivity index (χ3n) is 3.25. The lowest BCUT2D eigenvalue weighted by Gasteiger charge is -2.04. The number of phenolic OH excluding ortho intramolecular Hbond substituents is 1.